The van der Waals surface area contributed by atoms with Crippen molar-refractivity contribution in [3.05, 3.63) is 65.2 Å². The zero-order valence-corrected chi connectivity index (χ0v) is 15.6. The largest absolute Gasteiger partial charge is 0.497 e. The first-order valence-corrected chi connectivity index (χ1v) is 8.61. The van der Waals surface area contributed by atoms with Gasteiger partial charge in [0.1, 0.15) is 11.5 Å². The summed E-state index contributed by atoms with van der Waals surface area (Å²) in [6, 6.07) is 17.0. The summed E-state index contributed by atoms with van der Waals surface area (Å²) >= 11 is 6.03. The number of nitrogens with one attached hydrogen (secondary N) is 1. The van der Waals surface area contributed by atoms with Crippen molar-refractivity contribution in [1.82, 2.24) is 0 Å². The quantitative estimate of drug-likeness (QED) is 0.667. The molecule has 1 atom stereocenters. The number of fused-ring (bicyclic) bond motifs is 1. The molecule has 0 aliphatic heterocycles. The van der Waals surface area contributed by atoms with Crippen LogP contribution < -0.4 is 14.8 Å². The Labute approximate surface area is 157 Å². The minimum absolute atomic E-state index is 0.126. The molecule has 0 aliphatic rings. The van der Waals surface area contributed by atoms with E-state index in [2.05, 4.69) is 5.32 Å². The van der Waals surface area contributed by atoms with Crippen molar-refractivity contribution in [1.29, 1.82) is 0 Å². The second-order valence-corrected chi connectivity index (χ2v) is 6.46. The van der Waals surface area contributed by atoms with Gasteiger partial charge in [-0.3, -0.25) is 4.79 Å². The Morgan fingerprint density at radius 3 is 2.42 bits per heavy atom. The van der Waals surface area contributed by atoms with Gasteiger partial charge in [0, 0.05) is 5.02 Å². The predicted octanol–water partition coefficient (Wildman–Crippen LogP) is 5.25. The van der Waals surface area contributed by atoms with Gasteiger partial charge in [-0.25, -0.2) is 0 Å². The molecule has 0 aliphatic carbocycles. The molecule has 0 saturated heterocycles. The number of anilines is 1. The number of halogens is 1. The van der Waals surface area contributed by atoms with E-state index in [-0.39, 0.29) is 11.8 Å². The first-order chi connectivity index (χ1) is 12.5. The first kappa shape index (κ1) is 18.1. The van der Waals surface area contributed by atoms with Crippen molar-refractivity contribution in [2.75, 3.05) is 19.5 Å². The number of benzene rings is 3. The normalized spacial score (nSPS) is 11.8. The highest BCUT2D eigenvalue weighted by atomic mass is 35.5. The van der Waals surface area contributed by atoms with Gasteiger partial charge in [-0.15, -0.1) is 0 Å². The molecule has 3 rings (SSSR count). The van der Waals surface area contributed by atoms with E-state index in [1.165, 1.54) is 0 Å². The van der Waals surface area contributed by atoms with Crippen LogP contribution in [0.5, 0.6) is 11.5 Å². The molecular formula is C21H20ClNO3. The molecule has 1 amide bonds. The molecule has 0 radical (unpaired) electrons. The lowest BCUT2D eigenvalue weighted by Gasteiger charge is -2.15. The van der Waals surface area contributed by atoms with Crippen LogP contribution in [-0.2, 0) is 4.79 Å². The molecule has 3 aromatic carbocycles. The Hall–Kier alpha value is -2.72. The third-order valence-corrected chi connectivity index (χ3v) is 4.62. The summed E-state index contributed by atoms with van der Waals surface area (Å²) in [6.45, 7) is 1.87. The van der Waals surface area contributed by atoms with Gasteiger partial charge in [-0.1, -0.05) is 35.9 Å². The van der Waals surface area contributed by atoms with E-state index in [1.54, 1.807) is 32.4 Å². The zero-order valence-electron chi connectivity index (χ0n) is 14.9. The summed E-state index contributed by atoms with van der Waals surface area (Å²) < 4.78 is 10.5. The molecule has 0 heterocycles. The van der Waals surface area contributed by atoms with E-state index in [1.807, 2.05) is 43.3 Å². The smallest absolute Gasteiger partial charge is 0.231 e. The molecule has 26 heavy (non-hydrogen) atoms. The molecule has 0 bridgehead atoms. The summed E-state index contributed by atoms with van der Waals surface area (Å²) in [5.74, 6) is 0.924. The molecule has 5 heteroatoms. The van der Waals surface area contributed by atoms with Crippen LogP contribution in [0.25, 0.3) is 10.8 Å². The molecule has 4 nitrogen and oxygen atoms in total. The lowest BCUT2D eigenvalue weighted by atomic mass is 9.97. The Kier molecular flexibility index (Phi) is 5.33. The van der Waals surface area contributed by atoms with E-state index in [4.69, 9.17) is 21.1 Å². The van der Waals surface area contributed by atoms with Crippen LogP contribution in [0.3, 0.4) is 0 Å². The third kappa shape index (κ3) is 3.75. The van der Waals surface area contributed by atoms with Gasteiger partial charge >= 0.3 is 0 Å². The molecule has 3 aromatic rings. The number of hydrogen-bond donors (Lipinski definition) is 1. The van der Waals surface area contributed by atoms with E-state index in [0.29, 0.717) is 16.5 Å². The maximum atomic E-state index is 12.7. The molecule has 0 fully saturated rings. The fourth-order valence-electron chi connectivity index (χ4n) is 2.81. The molecule has 0 saturated carbocycles. The van der Waals surface area contributed by atoms with Crippen LogP contribution in [-0.4, -0.2) is 20.1 Å². The van der Waals surface area contributed by atoms with Crippen LogP contribution in [0.1, 0.15) is 18.4 Å². The van der Waals surface area contributed by atoms with Gasteiger partial charge < -0.3 is 14.8 Å². The van der Waals surface area contributed by atoms with E-state index >= 15 is 0 Å². The molecule has 1 N–H and O–H groups in total. The maximum absolute atomic E-state index is 12.7. The summed E-state index contributed by atoms with van der Waals surface area (Å²) in [5, 5.41) is 5.56. The number of carbonyl (C=O) groups excluding carboxylic acids is 1. The van der Waals surface area contributed by atoms with Crippen LogP contribution in [0.15, 0.2) is 54.6 Å². The maximum Gasteiger partial charge on any atom is 0.231 e. The number of carbonyl (C=O) groups is 1. The first-order valence-electron chi connectivity index (χ1n) is 8.24. The summed E-state index contributed by atoms with van der Waals surface area (Å²) in [5.41, 5.74) is 1.49. The fraction of sp³-hybridized carbons (Fsp3) is 0.190. The molecule has 1 unspecified atom stereocenters. The number of hydrogen-bond acceptors (Lipinski definition) is 3. The van der Waals surface area contributed by atoms with Crippen molar-refractivity contribution >= 4 is 34.0 Å². The number of methoxy groups -OCH3 is 2. The number of ether oxygens (including phenoxy) is 2. The standard InChI is InChI=1S/C21H20ClNO3/c1-13(21(24)23-19-12-17(22)7-9-20(19)26-3)14-4-5-16-11-18(25-2)8-6-15(16)10-14/h4-13H,1-3H3,(H,23,24). The van der Waals surface area contributed by atoms with Gasteiger partial charge in [-0.2, -0.15) is 0 Å². The molecule has 134 valence electrons. The van der Waals surface area contributed by atoms with E-state index < -0.39 is 0 Å². The Balaban J connectivity index is 1.84. The van der Waals surface area contributed by atoms with Gasteiger partial charge in [0.25, 0.3) is 0 Å². The Morgan fingerprint density at radius 1 is 0.962 bits per heavy atom. The number of rotatable bonds is 5. The van der Waals surface area contributed by atoms with Gasteiger partial charge in [0.2, 0.25) is 5.91 Å². The Morgan fingerprint density at radius 2 is 1.69 bits per heavy atom. The van der Waals surface area contributed by atoms with Crippen LogP contribution in [0, 0.1) is 0 Å². The molecular weight excluding hydrogens is 350 g/mol. The minimum Gasteiger partial charge on any atom is -0.497 e. The number of amides is 1. The Bertz CT molecular complexity index is 955. The van der Waals surface area contributed by atoms with Gasteiger partial charge in [0.05, 0.1) is 25.8 Å². The summed E-state index contributed by atoms with van der Waals surface area (Å²) in [7, 11) is 3.20. The lowest BCUT2D eigenvalue weighted by molar-refractivity contribution is -0.117. The summed E-state index contributed by atoms with van der Waals surface area (Å²) in [4.78, 5) is 12.7. The predicted molar refractivity (Wildman–Crippen MR) is 106 cm³/mol. The van der Waals surface area contributed by atoms with Crippen LogP contribution in [0.4, 0.5) is 5.69 Å². The topological polar surface area (TPSA) is 47.6 Å². The van der Waals surface area contributed by atoms with E-state index in [0.717, 1.165) is 22.1 Å². The van der Waals surface area contributed by atoms with Crippen molar-refractivity contribution in [2.24, 2.45) is 0 Å². The third-order valence-electron chi connectivity index (χ3n) is 4.38. The highest BCUT2D eigenvalue weighted by molar-refractivity contribution is 6.31. The summed E-state index contributed by atoms with van der Waals surface area (Å²) in [6.07, 6.45) is 0. The molecule has 0 aromatic heterocycles. The average Bonchev–Trinajstić information content (AvgIpc) is 2.66. The second-order valence-electron chi connectivity index (χ2n) is 6.03. The fourth-order valence-corrected chi connectivity index (χ4v) is 2.98. The van der Waals surface area contributed by atoms with Crippen molar-refractivity contribution in [3.63, 3.8) is 0 Å². The van der Waals surface area contributed by atoms with Crippen molar-refractivity contribution in [2.45, 2.75) is 12.8 Å². The van der Waals surface area contributed by atoms with Crippen molar-refractivity contribution < 1.29 is 14.3 Å². The highest BCUT2D eigenvalue weighted by Gasteiger charge is 2.17. The van der Waals surface area contributed by atoms with Crippen LogP contribution in [0.2, 0.25) is 5.02 Å². The minimum atomic E-state index is -0.329. The monoisotopic (exact) mass is 369 g/mol. The molecule has 0 spiro atoms. The highest BCUT2D eigenvalue weighted by Crippen LogP contribution is 2.30. The SMILES string of the molecule is COc1ccc2cc(C(C)C(=O)Nc3cc(Cl)ccc3OC)ccc2c1. The van der Waals surface area contributed by atoms with Crippen molar-refractivity contribution in [3.8, 4) is 11.5 Å². The van der Waals surface area contributed by atoms with Gasteiger partial charge in [0.15, 0.2) is 0 Å². The van der Waals surface area contributed by atoms with Gasteiger partial charge in [-0.05, 0) is 53.6 Å². The van der Waals surface area contributed by atoms with E-state index in [9.17, 15) is 4.79 Å². The second kappa shape index (κ2) is 7.67. The average molecular weight is 370 g/mol. The zero-order chi connectivity index (χ0) is 18.7. The lowest BCUT2D eigenvalue weighted by Crippen LogP contribution is -2.19. The van der Waals surface area contributed by atoms with Crippen LogP contribution >= 0.6 is 11.6 Å².